The summed E-state index contributed by atoms with van der Waals surface area (Å²) in [5, 5.41) is 5.28. The van der Waals surface area contributed by atoms with E-state index in [0.717, 1.165) is 16.8 Å². The largest absolute Gasteiger partial charge is 0.397 e. The van der Waals surface area contributed by atoms with Crippen molar-refractivity contribution in [2.75, 3.05) is 5.73 Å². The molecular formula is C25H24N4O. The third-order valence-corrected chi connectivity index (χ3v) is 6.35. The van der Waals surface area contributed by atoms with Gasteiger partial charge in [-0.05, 0) is 67.5 Å². The van der Waals surface area contributed by atoms with Crippen LogP contribution in [0, 0.1) is 20.8 Å². The van der Waals surface area contributed by atoms with Gasteiger partial charge in [-0.1, -0.05) is 30.3 Å². The number of anilines is 1. The van der Waals surface area contributed by atoms with Gasteiger partial charge >= 0.3 is 0 Å². The Kier molecular flexibility index (Phi) is 4.21. The highest BCUT2D eigenvalue weighted by Crippen LogP contribution is 2.38. The van der Waals surface area contributed by atoms with Gasteiger partial charge in [0.25, 0.3) is 0 Å². The van der Waals surface area contributed by atoms with E-state index in [1.54, 1.807) is 6.20 Å². The molecule has 0 radical (unpaired) electrons. The number of aromatic nitrogens is 3. The van der Waals surface area contributed by atoms with E-state index >= 15 is 0 Å². The Labute approximate surface area is 175 Å². The molecule has 2 N–H and O–H groups in total. The zero-order valence-corrected chi connectivity index (χ0v) is 17.4. The number of nitrogens with zero attached hydrogens (tertiary/aromatic N) is 3. The van der Waals surface area contributed by atoms with Gasteiger partial charge in [0.2, 0.25) is 0 Å². The number of pyridine rings is 1. The smallest absolute Gasteiger partial charge is 0.167 e. The molecule has 30 heavy (non-hydrogen) atoms. The number of nitrogens with two attached hydrogens (primary N) is 1. The van der Waals surface area contributed by atoms with Gasteiger partial charge in [0.05, 0.1) is 34.2 Å². The maximum absolute atomic E-state index is 13.1. The minimum Gasteiger partial charge on any atom is -0.397 e. The number of aryl methyl sites for hydroxylation is 3. The second kappa shape index (κ2) is 6.80. The van der Waals surface area contributed by atoms with Crippen LogP contribution in [0.5, 0.6) is 0 Å². The number of rotatable bonds is 2. The fourth-order valence-corrected chi connectivity index (χ4v) is 4.51. The van der Waals surface area contributed by atoms with E-state index < -0.39 is 0 Å². The quantitative estimate of drug-likeness (QED) is 0.526. The van der Waals surface area contributed by atoms with Crippen molar-refractivity contribution in [1.82, 2.24) is 14.8 Å². The lowest BCUT2D eigenvalue weighted by Gasteiger charge is -2.25. The summed E-state index contributed by atoms with van der Waals surface area (Å²) in [6.07, 6.45) is 2.87. The third kappa shape index (κ3) is 2.81. The lowest BCUT2D eigenvalue weighted by atomic mass is 9.79. The molecule has 0 fully saturated rings. The first kappa shape index (κ1) is 18.6. The highest BCUT2D eigenvalue weighted by atomic mass is 16.1. The van der Waals surface area contributed by atoms with Gasteiger partial charge in [-0.25, -0.2) is 9.67 Å². The molecule has 4 aromatic rings. The average Bonchev–Trinajstić information content (AvgIpc) is 3.14. The monoisotopic (exact) mass is 396 g/mol. The number of hydrogen-bond acceptors (Lipinski definition) is 4. The van der Waals surface area contributed by atoms with Gasteiger partial charge in [-0.3, -0.25) is 4.79 Å². The van der Waals surface area contributed by atoms with E-state index in [0.29, 0.717) is 29.7 Å². The first-order chi connectivity index (χ1) is 14.4. The van der Waals surface area contributed by atoms with Crippen molar-refractivity contribution in [1.29, 1.82) is 0 Å². The van der Waals surface area contributed by atoms with Gasteiger partial charge in [0, 0.05) is 6.42 Å². The van der Waals surface area contributed by atoms with Crippen LogP contribution in [0.1, 0.15) is 50.6 Å². The molecule has 2 aromatic heterocycles. The predicted molar refractivity (Wildman–Crippen MR) is 119 cm³/mol. The summed E-state index contributed by atoms with van der Waals surface area (Å²) in [6, 6.07) is 14.5. The lowest BCUT2D eigenvalue weighted by molar-refractivity contribution is 0.0964. The molecule has 0 bridgehead atoms. The number of ketones is 1. The first-order valence-corrected chi connectivity index (χ1v) is 10.3. The van der Waals surface area contributed by atoms with Gasteiger partial charge in [-0.15, -0.1) is 0 Å². The van der Waals surface area contributed by atoms with Crippen molar-refractivity contribution in [2.45, 2.75) is 39.5 Å². The Balaban J connectivity index is 1.66. The lowest BCUT2D eigenvalue weighted by Crippen LogP contribution is -2.22. The van der Waals surface area contributed by atoms with E-state index in [4.69, 9.17) is 10.7 Å². The molecule has 0 amide bonds. The van der Waals surface area contributed by atoms with Crippen LogP contribution in [-0.4, -0.2) is 20.5 Å². The molecule has 1 atom stereocenters. The molecule has 1 aliphatic carbocycles. The van der Waals surface area contributed by atoms with E-state index in [-0.39, 0.29) is 11.7 Å². The molecule has 150 valence electrons. The molecule has 0 spiro atoms. The van der Waals surface area contributed by atoms with Crippen molar-refractivity contribution < 1.29 is 4.79 Å². The number of benzene rings is 2. The molecule has 5 nitrogen and oxygen atoms in total. The van der Waals surface area contributed by atoms with Crippen LogP contribution < -0.4 is 5.73 Å². The van der Waals surface area contributed by atoms with Crippen LogP contribution in [0.2, 0.25) is 0 Å². The van der Waals surface area contributed by atoms with Crippen LogP contribution in [0.3, 0.4) is 0 Å². The molecule has 5 heteroatoms. The molecule has 1 unspecified atom stereocenters. The second-order valence-electron chi connectivity index (χ2n) is 8.29. The van der Waals surface area contributed by atoms with Crippen LogP contribution >= 0.6 is 0 Å². The molecule has 2 aromatic carbocycles. The van der Waals surface area contributed by atoms with Crippen molar-refractivity contribution in [2.24, 2.45) is 0 Å². The number of carbonyl (C=O) groups is 1. The van der Waals surface area contributed by atoms with Gasteiger partial charge in [0.15, 0.2) is 11.4 Å². The topological polar surface area (TPSA) is 73.8 Å². The summed E-state index contributed by atoms with van der Waals surface area (Å²) >= 11 is 0. The van der Waals surface area contributed by atoms with Gasteiger partial charge in [0.1, 0.15) is 0 Å². The van der Waals surface area contributed by atoms with Crippen LogP contribution in [0.15, 0.2) is 48.7 Å². The first-order valence-electron chi connectivity index (χ1n) is 10.3. The Morgan fingerprint density at radius 3 is 2.57 bits per heavy atom. The van der Waals surface area contributed by atoms with Crippen molar-refractivity contribution in [3.05, 3.63) is 82.2 Å². The van der Waals surface area contributed by atoms with Gasteiger partial charge in [-0.2, -0.15) is 5.10 Å². The molecule has 0 aliphatic heterocycles. The summed E-state index contributed by atoms with van der Waals surface area (Å²) in [6.45, 7) is 6.26. The molecular weight excluding hydrogens is 372 g/mol. The Hall–Kier alpha value is -3.47. The van der Waals surface area contributed by atoms with Gasteiger partial charge < -0.3 is 5.73 Å². The number of nitrogen functional groups attached to an aromatic ring is 1. The minimum atomic E-state index is 0.0651. The fourth-order valence-electron chi connectivity index (χ4n) is 4.51. The number of carbonyl (C=O) groups excluding carboxylic acids is 1. The van der Waals surface area contributed by atoms with E-state index in [1.807, 2.05) is 22.9 Å². The summed E-state index contributed by atoms with van der Waals surface area (Å²) < 4.78 is 1.82. The summed E-state index contributed by atoms with van der Waals surface area (Å²) in [4.78, 5) is 18.0. The second-order valence-corrected chi connectivity index (χ2v) is 8.29. The third-order valence-electron chi connectivity index (χ3n) is 6.35. The highest BCUT2D eigenvalue weighted by molar-refractivity contribution is 6.09. The zero-order chi connectivity index (χ0) is 21.0. The zero-order valence-electron chi connectivity index (χ0n) is 17.4. The SMILES string of the molecule is Cc1ccc(-n2ncc3c(N)c4c(nc32)CC(c2ccccc2C)CC4=O)cc1C. The van der Waals surface area contributed by atoms with Crippen molar-refractivity contribution in [3.8, 4) is 5.69 Å². The molecule has 0 saturated carbocycles. The normalized spacial score (nSPS) is 16.1. The maximum atomic E-state index is 13.1. The Morgan fingerprint density at radius 2 is 1.80 bits per heavy atom. The van der Waals surface area contributed by atoms with Crippen LogP contribution in [0.4, 0.5) is 5.69 Å². The van der Waals surface area contributed by atoms with Crippen molar-refractivity contribution in [3.63, 3.8) is 0 Å². The number of Topliss-reactive ketones (excluding diaryl/α,β-unsaturated/α-hetero) is 1. The summed E-state index contributed by atoms with van der Waals surface area (Å²) in [5.74, 6) is 0.184. The maximum Gasteiger partial charge on any atom is 0.167 e. The molecule has 5 rings (SSSR count). The number of hydrogen-bond donors (Lipinski definition) is 1. The molecule has 1 aliphatic rings. The Morgan fingerprint density at radius 1 is 1.00 bits per heavy atom. The summed E-state index contributed by atoms with van der Waals surface area (Å²) in [7, 11) is 0. The van der Waals surface area contributed by atoms with Crippen LogP contribution in [0.25, 0.3) is 16.7 Å². The fraction of sp³-hybridized carbons (Fsp3) is 0.240. The van der Waals surface area contributed by atoms with E-state index in [1.165, 1.54) is 22.3 Å². The minimum absolute atomic E-state index is 0.0651. The number of fused-ring (bicyclic) bond motifs is 2. The van der Waals surface area contributed by atoms with Crippen LogP contribution in [-0.2, 0) is 6.42 Å². The average molecular weight is 396 g/mol. The van der Waals surface area contributed by atoms with Crippen molar-refractivity contribution >= 4 is 22.5 Å². The highest BCUT2D eigenvalue weighted by Gasteiger charge is 2.31. The molecule has 2 heterocycles. The standard InChI is InChI=1S/C25H24N4O/c1-14-8-9-18(10-16(14)3)29-25-20(13-27-29)24(26)23-21(28-25)11-17(12-22(23)30)19-7-5-4-6-15(19)2/h4-10,13,17H,11-12H2,1-3H3,(H2,26,28). The van der Waals surface area contributed by atoms with E-state index in [2.05, 4.69) is 50.1 Å². The Bertz CT molecular complexity index is 1320. The predicted octanol–water partition coefficient (Wildman–Crippen LogP) is 4.84. The van der Waals surface area contributed by atoms with E-state index in [9.17, 15) is 4.79 Å². The summed E-state index contributed by atoms with van der Waals surface area (Å²) in [5.41, 5.74) is 14.8. The molecule has 0 saturated heterocycles.